The van der Waals surface area contributed by atoms with E-state index in [9.17, 15) is 23.1 Å². The van der Waals surface area contributed by atoms with E-state index < -0.39 is 29.9 Å². The summed E-state index contributed by atoms with van der Waals surface area (Å²) in [5.41, 5.74) is 0.561. The number of aryl methyl sites for hydroxylation is 1. The molecule has 27 heavy (non-hydrogen) atoms. The molecule has 2 aromatic heterocycles. The van der Waals surface area contributed by atoms with Crippen molar-refractivity contribution in [3.05, 3.63) is 64.6 Å². The van der Waals surface area contributed by atoms with Crippen LogP contribution in [0.5, 0.6) is 0 Å². The lowest BCUT2D eigenvalue weighted by atomic mass is 10.1. The van der Waals surface area contributed by atoms with Crippen LogP contribution in [0.2, 0.25) is 0 Å². The highest BCUT2D eigenvalue weighted by Gasteiger charge is 2.36. The molecule has 0 aliphatic heterocycles. The maximum Gasteiger partial charge on any atom is 0.433 e. The number of nitrogens with one attached hydrogen (secondary N) is 1. The first-order valence-electron chi connectivity index (χ1n) is 8.25. The fourth-order valence-corrected chi connectivity index (χ4v) is 3.41. The fraction of sp³-hybridized carbons (Fsp3) is 0.278. The smallest absolute Gasteiger partial charge is 0.390 e. The van der Waals surface area contributed by atoms with Gasteiger partial charge in [0, 0.05) is 12.1 Å². The van der Waals surface area contributed by atoms with Crippen LogP contribution in [0.25, 0.3) is 5.65 Å². The highest BCUT2D eigenvalue weighted by Crippen LogP contribution is 2.32. The molecule has 2 atom stereocenters. The number of fused-ring (bicyclic) bond motifs is 2. The number of rotatable bonds is 2. The molecule has 0 saturated heterocycles. The molecule has 1 amide bonds. The lowest BCUT2D eigenvalue weighted by Gasteiger charge is -2.17. The number of alkyl halides is 3. The van der Waals surface area contributed by atoms with Crippen molar-refractivity contribution in [1.82, 2.24) is 19.9 Å². The van der Waals surface area contributed by atoms with Crippen molar-refractivity contribution in [3.8, 4) is 0 Å². The van der Waals surface area contributed by atoms with Crippen molar-refractivity contribution in [2.45, 2.75) is 31.7 Å². The molecule has 4 rings (SSSR count). The normalized spacial score (nSPS) is 19.3. The zero-order chi connectivity index (χ0) is 19.3. The summed E-state index contributed by atoms with van der Waals surface area (Å²) in [5, 5.41) is 16.7. The summed E-state index contributed by atoms with van der Waals surface area (Å²) in [7, 11) is 0. The van der Waals surface area contributed by atoms with Crippen molar-refractivity contribution in [1.29, 1.82) is 0 Å². The number of aromatic nitrogens is 3. The predicted molar refractivity (Wildman–Crippen MR) is 89.1 cm³/mol. The minimum atomic E-state index is -4.63. The average Bonchev–Trinajstić information content (AvgIpc) is 3.14. The Kier molecular flexibility index (Phi) is 3.92. The monoisotopic (exact) mass is 376 g/mol. The first-order chi connectivity index (χ1) is 12.8. The second-order valence-electron chi connectivity index (χ2n) is 6.50. The van der Waals surface area contributed by atoms with Gasteiger partial charge in [-0.1, -0.05) is 24.3 Å². The Morgan fingerprint density at radius 2 is 2.07 bits per heavy atom. The van der Waals surface area contributed by atoms with Crippen molar-refractivity contribution in [2.75, 3.05) is 0 Å². The van der Waals surface area contributed by atoms with Gasteiger partial charge in [-0.25, -0.2) is 9.50 Å². The van der Waals surface area contributed by atoms with E-state index in [1.165, 1.54) is 6.92 Å². The Morgan fingerprint density at radius 1 is 1.33 bits per heavy atom. The van der Waals surface area contributed by atoms with Crippen LogP contribution in [0.15, 0.2) is 36.5 Å². The second kappa shape index (κ2) is 6.05. The number of aliphatic hydroxyl groups excluding tert-OH is 1. The van der Waals surface area contributed by atoms with Crippen molar-refractivity contribution >= 4 is 11.6 Å². The molecular weight excluding hydrogens is 361 g/mol. The first kappa shape index (κ1) is 17.5. The van der Waals surface area contributed by atoms with Gasteiger partial charge < -0.3 is 10.4 Å². The lowest BCUT2D eigenvalue weighted by molar-refractivity contribution is -0.142. The summed E-state index contributed by atoms with van der Waals surface area (Å²) in [6.07, 6.45) is -3.99. The number of hydrogen-bond donors (Lipinski definition) is 2. The number of carbonyl (C=O) groups excluding carboxylic acids is 1. The van der Waals surface area contributed by atoms with Gasteiger partial charge in [0.2, 0.25) is 0 Å². The van der Waals surface area contributed by atoms with Gasteiger partial charge in [0.25, 0.3) is 5.91 Å². The predicted octanol–water partition coefficient (Wildman–Crippen LogP) is 2.44. The van der Waals surface area contributed by atoms with E-state index in [1.807, 2.05) is 12.1 Å². The van der Waals surface area contributed by atoms with E-state index in [0.29, 0.717) is 10.9 Å². The maximum atomic E-state index is 13.2. The summed E-state index contributed by atoms with van der Waals surface area (Å²) in [5.74, 6) is -0.642. The van der Waals surface area contributed by atoms with Gasteiger partial charge in [0.15, 0.2) is 5.65 Å². The molecule has 0 bridgehead atoms. The van der Waals surface area contributed by atoms with Gasteiger partial charge in [-0.2, -0.15) is 18.3 Å². The largest absolute Gasteiger partial charge is 0.433 e. The molecule has 140 valence electrons. The summed E-state index contributed by atoms with van der Waals surface area (Å²) in [4.78, 5) is 16.8. The molecule has 0 radical (unpaired) electrons. The standard InChI is InChI=1S/C18H15F3N4O2/c1-9-6-14(18(19,20)21)25-16(23-9)12(8-22-25)17(27)24-15-11-5-3-2-4-10(11)7-13(15)26/h2-6,8,13,15,26H,7H2,1H3,(H,24,27)/t13-,15+/m1/s1. The van der Waals surface area contributed by atoms with Gasteiger partial charge in [-0.3, -0.25) is 4.79 Å². The van der Waals surface area contributed by atoms with Crippen LogP contribution in [-0.4, -0.2) is 31.7 Å². The van der Waals surface area contributed by atoms with Gasteiger partial charge >= 0.3 is 6.18 Å². The Bertz CT molecular complexity index is 1040. The van der Waals surface area contributed by atoms with Crippen LogP contribution in [0.1, 0.15) is 38.9 Å². The summed E-state index contributed by atoms with van der Waals surface area (Å²) in [6, 6.07) is 7.53. The van der Waals surface area contributed by atoms with E-state index >= 15 is 0 Å². The summed E-state index contributed by atoms with van der Waals surface area (Å²) in [6.45, 7) is 1.42. The Hall–Kier alpha value is -2.94. The lowest BCUT2D eigenvalue weighted by Crippen LogP contribution is -2.33. The van der Waals surface area contributed by atoms with Crippen LogP contribution in [-0.2, 0) is 12.6 Å². The third kappa shape index (κ3) is 2.93. The minimum absolute atomic E-state index is 0.0826. The van der Waals surface area contributed by atoms with Gasteiger partial charge in [0.1, 0.15) is 11.3 Å². The molecule has 1 aromatic carbocycles. The number of nitrogens with zero attached hydrogens (tertiary/aromatic N) is 3. The third-order valence-electron chi connectivity index (χ3n) is 4.63. The molecule has 0 saturated carbocycles. The van der Waals surface area contributed by atoms with Crippen molar-refractivity contribution in [3.63, 3.8) is 0 Å². The molecule has 2 N–H and O–H groups in total. The van der Waals surface area contributed by atoms with Crippen LogP contribution >= 0.6 is 0 Å². The highest BCUT2D eigenvalue weighted by atomic mass is 19.4. The molecule has 0 spiro atoms. The van der Waals surface area contributed by atoms with E-state index in [0.717, 1.165) is 23.4 Å². The summed E-state index contributed by atoms with van der Waals surface area (Å²) < 4.78 is 40.3. The van der Waals surface area contributed by atoms with E-state index in [2.05, 4.69) is 15.4 Å². The fourth-order valence-electron chi connectivity index (χ4n) is 3.41. The zero-order valence-electron chi connectivity index (χ0n) is 14.2. The average molecular weight is 376 g/mol. The van der Waals surface area contributed by atoms with Crippen LogP contribution < -0.4 is 5.32 Å². The van der Waals surface area contributed by atoms with Crippen molar-refractivity contribution in [2.24, 2.45) is 0 Å². The molecule has 1 aliphatic carbocycles. The van der Waals surface area contributed by atoms with Crippen LogP contribution in [0, 0.1) is 6.92 Å². The molecule has 1 aliphatic rings. The Labute approximate surface area is 151 Å². The Balaban J connectivity index is 1.71. The topological polar surface area (TPSA) is 79.5 Å². The number of hydrogen-bond acceptors (Lipinski definition) is 4. The molecule has 0 fully saturated rings. The maximum absolute atomic E-state index is 13.2. The number of carbonyl (C=O) groups is 1. The second-order valence-corrected chi connectivity index (χ2v) is 6.50. The molecule has 0 unspecified atom stereocenters. The van der Waals surface area contributed by atoms with E-state index in [1.54, 1.807) is 12.1 Å². The Morgan fingerprint density at radius 3 is 2.81 bits per heavy atom. The SMILES string of the molecule is Cc1cc(C(F)(F)F)n2ncc(C(=O)N[C@H]3c4ccccc4C[C@H]3O)c2n1. The quantitative estimate of drug-likeness (QED) is 0.720. The highest BCUT2D eigenvalue weighted by molar-refractivity contribution is 6.00. The van der Waals surface area contributed by atoms with Crippen LogP contribution in [0.4, 0.5) is 13.2 Å². The van der Waals surface area contributed by atoms with Crippen LogP contribution in [0.3, 0.4) is 0 Å². The number of halogens is 3. The minimum Gasteiger partial charge on any atom is -0.390 e. The molecular formula is C18H15F3N4O2. The van der Waals surface area contributed by atoms with Gasteiger partial charge in [0.05, 0.1) is 18.3 Å². The number of amides is 1. The van der Waals surface area contributed by atoms with E-state index in [-0.39, 0.29) is 16.9 Å². The number of benzene rings is 1. The number of aliphatic hydroxyl groups is 1. The molecule has 2 heterocycles. The first-order valence-corrected chi connectivity index (χ1v) is 8.25. The molecule has 3 aromatic rings. The van der Waals surface area contributed by atoms with Gasteiger partial charge in [-0.05, 0) is 24.1 Å². The summed E-state index contributed by atoms with van der Waals surface area (Å²) >= 11 is 0. The molecule has 6 nitrogen and oxygen atoms in total. The third-order valence-corrected chi connectivity index (χ3v) is 4.63. The van der Waals surface area contributed by atoms with E-state index in [4.69, 9.17) is 0 Å². The molecule has 9 heteroatoms. The zero-order valence-corrected chi connectivity index (χ0v) is 14.2. The van der Waals surface area contributed by atoms with Crippen molar-refractivity contribution < 1.29 is 23.1 Å². The van der Waals surface area contributed by atoms with Gasteiger partial charge in [-0.15, -0.1) is 0 Å².